The van der Waals surface area contributed by atoms with Gasteiger partial charge in [0.1, 0.15) is 23.4 Å². The molecule has 2 saturated heterocycles. The van der Waals surface area contributed by atoms with Crippen LogP contribution in [0.5, 0.6) is 17.2 Å². The number of ether oxygens (including phenoxy) is 7. The Hall–Kier alpha value is -2.69. The first kappa shape index (κ1) is 24.1. The molecule has 2 fully saturated rings. The highest BCUT2D eigenvalue weighted by atomic mass is 16.8. The van der Waals surface area contributed by atoms with E-state index in [1.54, 1.807) is 14.2 Å². The fraction of sp³-hybridized carbons (Fsp3) is 0.567. The Morgan fingerprint density at radius 3 is 2.51 bits per heavy atom. The van der Waals surface area contributed by atoms with Crippen molar-refractivity contribution in [2.75, 3.05) is 34.0 Å². The summed E-state index contributed by atoms with van der Waals surface area (Å²) in [7, 11) is 3.19. The van der Waals surface area contributed by atoms with Gasteiger partial charge in [-0.15, -0.1) is 0 Å². The highest BCUT2D eigenvalue weighted by molar-refractivity contribution is 6.11. The van der Waals surface area contributed by atoms with E-state index in [1.807, 2.05) is 19.1 Å². The van der Waals surface area contributed by atoms with Crippen LogP contribution >= 0.6 is 0 Å². The van der Waals surface area contributed by atoms with Crippen LogP contribution in [0.3, 0.4) is 0 Å². The fourth-order valence-corrected chi connectivity index (χ4v) is 7.65. The van der Waals surface area contributed by atoms with Crippen LogP contribution in [0.2, 0.25) is 0 Å². The van der Waals surface area contributed by atoms with E-state index in [2.05, 4.69) is 13.8 Å². The molecule has 2 bridgehead atoms. The van der Waals surface area contributed by atoms with Gasteiger partial charge in [-0.2, -0.15) is 0 Å². The quantitative estimate of drug-likeness (QED) is 0.460. The van der Waals surface area contributed by atoms with Crippen molar-refractivity contribution in [1.29, 1.82) is 0 Å². The van der Waals surface area contributed by atoms with Crippen molar-refractivity contribution in [3.63, 3.8) is 0 Å². The number of fused-ring (bicyclic) bond motifs is 8. The third-order valence-corrected chi connectivity index (χ3v) is 9.47. The van der Waals surface area contributed by atoms with Crippen LogP contribution in [0.4, 0.5) is 0 Å². The van der Waals surface area contributed by atoms with Crippen LogP contribution in [0.15, 0.2) is 17.7 Å². The molecule has 9 nitrogen and oxygen atoms in total. The van der Waals surface area contributed by atoms with E-state index in [1.165, 1.54) is 0 Å². The molecule has 4 heterocycles. The monoisotopic (exact) mass is 536 g/mol. The molecule has 39 heavy (non-hydrogen) atoms. The van der Waals surface area contributed by atoms with Crippen molar-refractivity contribution in [1.82, 2.24) is 0 Å². The summed E-state index contributed by atoms with van der Waals surface area (Å²) in [5, 5.41) is 12.8. The van der Waals surface area contributed by atoms with Gasteiger partial charge in [-0.3, -0.25) is 4.79 Å². The van der Waals surface area contributed by atoms with Crippen molar-refractivity contribution in [3.05, 3.63) is 40.0 Å². The van der Waals surface area contributed by atoms with Gasteiger partial charge >= 0.3 is 0 Å². The topological polar surface area (TPSA) is 105 Å². The van der Waals surface area contributed by atoms with E-state index in [4.69, 9.17) is 33.2 Å². The number of aryl methyl sites for hydroxylation is 1. The second kappa shape index (κ2) is 7.33. The molecule has 0 saturated carbocycles. The Morgan fingerprint density at radius 1 is 1.10 bits per heavy atom. The smallest absolute Gasteiger partial charge is 0.271 e. The maximum atomic E-state index is 13.0. The predicted octanol–water partition coefficient (Wildman–Crippen LogP) is 4.03. The Kier molecular flexibility index (Phi) is 4.54. The highest BCUT2D eigenvalue weighted by Gasteiger charge is 2.88. The van der Waals surface area contributed by atoms with Crippen molar-refractivity contribution < 1.29 is 43.1 Å². The Bertz CT molecular complexity index is 1510. The Labute approximate surface area is 225 Å². The molecule has 0 unspecified atom stereocenters. The van der Waals surface area contributed by atoms with Crippen LogP contribution in [0, 0.1) is 12.3 Å². The largest absolute Gasteiger partial charge is 0.506 e. The summed E-state index contributed by atoms with van der Waals surface area (Å²) >= 11 is 0. The summed E-state index contributed by atoms with van der Waals surface area (Å²) in [6.45, 7) is 7.53. The van der Waals surface area contributed by atoms with Crippen molar-refractivity contribution in [2.24, 2.45) is 5.41 Å². The lowest BCUT2D eigenvalue weighted by Gasteiger charge is -2.53. The van der Waals surface area contributed by atoms with Crippen LogP contribution in [0.25, 0.3) is 10.8 Å². The van der Waals surface area contributed by atoms with Crippen LogP contribution in [-0.4, -0.2) is 68.2 Å². The minimum absolute atomic E-state index is 0.0871. The lowest BCUT2D eigenvalue weighted by atomic mass is 9.77. The first-order valence-electron chi connectivity index (χ1n) is 13.6. The molecule has 2 aliphatic carbocycles. The number of ketones is 1. The molecule has 206 valence electrons. The van der Waals surface area contributed by atoms with Gasteiger partial charge in [-0.05, 0) is 37.5 Å². The average molecular weight is 537 g/mol. The number of epoxide rings is 1. The van der Waals surface area contributed by atoms with Gasteiger partial charge in [0.15, 0.2) is 23.3 Å². The highest BCUT2D eigenvalue weighted by Crippen LogP contribution is 2.72. The minimum atomic E-state index is -1.32. The van der Waals surface area contributed by atoms with E-state index in [0.29, 0.717) is 60.5 Å². The van der Waals surface area contributed by atoms with Gasteiger partial charge in [0.25, 0.3) is 5.79 Å². The third-order valence-electron chi connectivity index (χ3n) is 9.47. The summed E-state index contributed by atoms with van der Waals surface area (Å²) < 4.78 is 44.6. The molecule has 1 spiro atoms. The van der Waals surface area contributed by atoms with Gasteiger partial charge in [0.05, 0.1) is 37.9 Å². The summed E-state index contributed by atoms with van der Waals surface area (Å²) in [4.78, 5) is 13.0. The normalized spacial score (nSPS) is 35.6. The van der Waals surface area contributed by atoms with Gasteiger partial charge in [0.2, 0.25) is 0 Å². The molecule has 6 aliphatic rings. The number of benzene rings is 2. The number of methoxy groups -OCH3 is 2. The number of rotatable bonds is 3. The number of carbonyl (C=O) groups excluding carboxylic acids is 1. The van der Waals surface area contributed by atoms with E-state index < -0.39 is 29.4 Å². The van der Waals surface area contributed by atoms with E-state index >= 15 is 0 Å². The maximum absolute atomic E-state index is 13.0. The molecule has 1 N–H and O–H groups in total. The summed E-state index contributed by atoms with van der Waals surface area (Å²) in [6.07, 6.45) is 2.53. The number of aromatic hydroxyl groups is 1. The number of phenolic OH excluding ortho intramolecular Hbond substituents is 1. The predicted molar refractivity (Wildman–Crippen MR) is 137 cm³/mol. The fourth-order valence-electron chi connectivity index (χ4n) is 7.65. The Balaban J connectivity index is 1.36. The molecule has 2 aromatic rings. The molecule has 0 aromatic heterocycles. The molecule has 4 atom stereocenters. The summed E-state index contributed by atoms with van der Waals surface area (Å²) in [5.74, 6) is -0.494. The summed E-state index contributed by atoms with van der Waals surface area (Å²) in [6, 6.07) is 1.98. The minimum Gasteiger partial charge on any atom is -0.506 e. The van der Waals surface area contributed by atoms with Gasteiger partial charge < -0.3 is 38.3 Å². The second-order valence-corrected chi connectivity index (χ2v) is 12.4. The second-order valence-electron chi connectivity index (χ2n) is 12.4. The van der Waals surface area contributed by atoms with E-state index in [-0.39, 0.29) is 16.9 Å². The maximum Gasteiger partial charge on any atom is 0.271 e. The molecule has 8 rings (SSSR count). The molecular formula is C30H32O9. The number of hydrogen-bond acceptors (Lipinski definition) is 9. The van der Waals surface area contributed by atoms with E-state index in [0.717, 1.165) is 28.7 Å². The van der Waals surface area contributed by atoms with E-state index in [9.17, 15) is 9.90 Å². The SMILES string of the molecule is COc1c2c(c(O)c3c4c(c(C)cc13)[C@@H]1O[C@@]3(C5OCC(C)(C)CO5)C=C1[C@@](OC)(O4)[C@@]31CO1)C(=O)CCC2. The molecular weight excluding hydrogens is 504 g/mol. The number of carbonyl (C=O) groups is 1. The van der Waals surface area contributed by atoms with Crippen LogP contribution in [0.1, 0.15) is 59.8 Å². The zero-order chi connectivity index (χ0) is 27.1. The molecule has 9 heteroatoms. The number of Topliss-reactive ketones (excluding diaryl/α,β-unsaturated/α-hetero) is 1. The molecule has 4 aliphatic heterocycles. The third kappa shape index (κ3) is 2.62. The van der Waals surface area contributed by atoms with Gasteiger partial charge in [-0.1, -0.05) is 13.8 Å². The van der Waals surface area contributed by atoms with Gasteiger partial charge in [0, 0.05) is 41.0 Å². The van der Waals surface area contributed by atoms with Crippen molar-refractivity contribution in [3.8, 4) is 17.2 Å². The molecule has 0 amide bonds. The zero-order valence-corrected chi connectivity index (χ0v) is 22.8. The first-order chi connectivity index (χ1) is 18.6. The Morgan fingerprint density at radius 2 is 1.85 bits per heavy atom. The summed E-state index contributed by atoms with van der Waals surface area (Å²) in [5.41, 5.74) is 1.33. The first-order valence-corrected chi connectivity index (χ1v) is 13.6. The number of hydrogen-bond donors (Lipinski definition) is 1. The lowest BCUT2D eigenvalue weighted by molar-refractivity contribution is -0.341. The molecule has 2 aromatic carbocycles. The lowest BCUT2D eigenvalue weighted by Crippen LogP contribution is -2.70. The number of phenols is 1. The van der Waals surface area contributed by atoms with Crippen molar-refractivity contribution in [2.45, 2.75) is 69.4 Å². The average Bonchev–Trinajstić information content (AvgIpc) is 3.56. The van der Waals surface area contributed by atoms with Gasteiger partial charge in [-0.25, -0.2) is 0 Å². The van der Waals surface area contributed by atoms with Crippen molar-refractivity contribution >= 4 is 16.6 Å². The standard InChI is InChI=1S/C30H32O9/c1-14-9-16-21(22(32)20-15(23(16)33-4)7-6-8-18(20)31)25-19(14)24-17-10-28(38-24,26-35-11-27(2,3)12-36-26)29(13-37-29)30(17,34-5)39-25/h9-10,24,26,32H,6-8,11-13H2,1-5H3/t24-,28-,29-,30-/m1/s1. The zero-order valence-electron chi connectivity index (χ0n) is 22.8. The van der Waals surface area contributed by atoms with Crippen LogP contribution in [-0.2, 0) is 30.1 Å². The van der Waals surface area contributed by atoms with Crippen LogP contribution < -0.4 is 9.47 Å². The molecule has 0 radical (unpaired) electrons.